The maximum atomic E-state index is 13.5. The van der Waals surface area contributed by atoms with Crippen molar-refractivity contribution in [2.24, 2.45) is 5.10 Å². The minimum Gasteiger partial charge on any atom is -0.483 e. The number of carbonyl (C=O) groups is 1. The van der Waals surface area contributed by atoms with Gasteiger partial charge in [0, 0.05) is 28.9 Å². The molecule has 10 nitrogen and oxygen atoms in total. The Balaban J connectivity index is 1.55. The molecule has 0 radical (unpaired) electrons. The van der Waals surface area contributed by atoms with Crippen molar-refractivity contribution < 1.29 is 27.6 Å². The largest absolute Gasteiger partial charge is 0.483 e. The molecule has 5 rings (SSSR count). The molecule has 1 heterocycles. The molecule has 1 N–H and O–H groups in total. The van der Waals surface area contributed by atoms with E-state index in [-0.39, 0.29) is 39.3 Å². The van der Waals surface area contributed by atoms with Gasteiger partial charge < -0.3 is 10.1 Å². The van der Waals surface area contributed by atoms with Gasteiger partial charge in [0.1, 0.15) is 5.75 Å². The first-order chi connectivity index (χ1) is 21.0. The Kier molecular flexibility index (Phi) is 8.20. The number of alkyl halides is 3. The summed E-state index contributed by atoms with van der Waals surface area (Å²) in [5.41, 5.74) is -0.343. The van der Waals surface area contributed by atoms with E-state index in [1.54, 1.807) is 24.3 Å². The highest BCUT2D eigenvalue weighted by Crippen LogP contribution is 2.32. The van der Waals surface area contributed by atoms with E-state index in [0.29, 0.717) is 5.69 Å². The van der Waals surface area contributed by atoms with Crippen LogP contribution in [0.3, 0.4) is 0 Å². The summed E-state index contributed by atoms with van der Waals surface area (Å²) < 4.78 is 46.9. The fraction of sp³-hybridized carbons (Fsp3) is 0.0968. The zero-order valence-corrected chi connectivity index (χ0v) is 22.9. The monoisotopic (exact) mass is 601 g/mol. The second kappa shape index (κ2) is 12.2. The van der Waals surface area contributed by atoms with Crippen LogP contribution in [0.5, 0.6) is 5.75 Å². The van der Waals surface area contributed by atoms with Crippen molar-refractivity contribution >= 4 is 34.4 Å². The number of aryl methyl sites for hydroxylation is 1. The minimum absolute atomic E-state index is 0.0259. The Morgan fingerprint density at radius 1 is 1.05 bits per heavy atom. The summed E-state index contributed by atoms with van der Waals surface area (Å²) >= 11 is 0. The van der Waals surface area contributed by atoms with Gasteiger partial charge in [0.25, 0.3) is 17.2 Å². The lowest BCUT2D eigenvalue weighted by Gasteiger charge is -2.13. The van der Waals surface area contributed by atoms with Crippen LogP contribution in [0.25, 0.3) is 22.3 Å². The third kappa shape index (κ3) is 6.46. The van der Waals surface area contributed by atoms with E-state index in [1.165, 1.54) is 36.4 Å². The number of nitro groups is 1. The molecule has 0 bridgehead atoms. The van der Waals surface area contributed by atoms with E-state index < -0.39 is 34.7 Å². The average molecular weight is 602 g/mol. The molecule has 1 amide bonds. The molecule has 0 fully saturated rings. The number of nitrogens with one attached hydrogen (secondary N) is 1. The normalized spacial score (nSPS) is 11.5. The van der Waals surface area contributed by atoms with E-state index in [2.05, 4.69) is 15.4 Å². The molecule has 0 atom stereocenters. The van der Waals surface area contributed by atoms with Gasteiger partial charge >= 0.3 is 6.18 Å². The van der Waals surface area contributed by atoms with Crippen molar-refractivity contribution in [3.8, 4) is 17.1 Å². The number of nitro benzene ring substituents is 1. The van der Waals surface area contributed by atoms with Gasteiger partial charge in [-0.05, 0) is 48.9 Å². The SMILES string of the molecule is Cc1ccccc1NC(=O)COc1ccc([N+](=O)[O-])cc1C=Nn1c(-c2cccc(C(F)(F)F)c2)nc2ccccc2c1=O. The molecule has 0 unspecified atom stereocenters. The zero-order valence-electron chi connectivity index (χ0n) is 22.9. The van der Waals surface area contributed by atoms with Crippen LogP contribution in [0.1, 0.15) is 16.7 Å². The molecule has 44 heavy (non-hydrogen) atoms. The summed E-state index contributed by atoms with van der Waals surface area (Å²) in [6, 6.07) is 21.2. The van der Waals surface area contributed by atoms with Gasteiger partial charge in [-0.2, -0.15) is 22.9 Å². The number of para-hydroxylation sites is 2. The summed E-state index contributed by atoms with van der Waals surface area (Å²) in [6.07, 6.45) is -3.57. The van der Waals surface area contributed by atoms with E-state index >= 15 is 0 Å². The number of hydrogen-bond donors (Lipinski definition) is 1. The van der Waals surface area contributed by atoms with Crippen LogP contribution < -0.4 is 15.6 Å². The summed E-state index contributed by atoms with van der Waals surface area (Å²) in [7, 11) is 0. The van der Waals surface area contributed by atoms with E-state index in [0.717, 1.165) is 34.7 Å². The van der Waals surface area contributed by atoms with Gasteiger partial charge in [0.15, 0.2) is 12.4 Å². The first-order valence-corrected chi connectivity index (χ1v) is 13.0. The number of ether oxygens (including phenoxy) is 1. The highest BCUT2D eigenvalue weighted by atomic mass is 19.4. The quantitative estimate of drug-likeness (QED) is 0.128. The van der Waals surface area contributed by atoms with Crippen LogP contribution in [0.2, 0.25) is 0 Å². The first kappa shape index (κ1) is 29.6. The average Bonchev–Trinajstić information content (AvgIpc) is 3.00. The summed E-state index contributed by atoms with van der Waals surface area (Å²) in [5.74, 6) is -0.661. The van der Waals surface area contributed by atoms with Gasteiger partial charge in [-0.15, -0.1) is 0 Å². The molecule has 4 aromatic carbocycles. The fourth-order valence-electron chi connectivity index (χ4n) is 4.30. The first-order valence-electron chi connectivity index (χ1n) is 13.0. The number of rotatable bonds is 8. The number of carbonyl (C=O) groups excluding carboxylic acids is 1. The van der Waals surface area contributed by atoms with Crippen molar-refractivity contribution in [3.63, 3.8) is 0 Å². The van der Waals surface area contributed by atoms with Gasteiger partial charge in [0.2, 0.25) is 0 Å². The van der Waals surface area contributed by atoms with Crippen molar-refractivity contribution in [1.29, 1.82) is 0 Å². The summed E-state index contributed by atoms with van der Waals surface area (Å²) in [4.78, 5) is 41.3. The summed E-state index contributed by atoms with van der Waals surface area (Å²) in [6.45, 7) is 1.36. The molecule has 13 heteroatoms. The number of aromatic nitrogens is 2. The number of anilines is 1. The molecule has 0 aliphatic carbocycles. The van der Waals surface area contributed by atoms with Gasteiger partial charge in [-0.1, -0.05) is 42.5 Å². The van der Waals surface area contributed by atoms with Crippen molar-refractivity contribution in [2.75, 3.05) is 11.9 Å². The Hall–Kier alpha value is -5.85. The van der Waals surface area contributed by atoms with E-state index in [4.69, 9.17) is 4.74 Å². The second-order valence-corrected chi connectivity index (χ2v) is 9.52. The van der Waals surface area contributed by atoms with Crippen LogP contribution in [-0.4, -0.2) is 33.3 Å². The number of nitrogens with zero attached hydrogens (tertiary/aromatic N) is 4. The van der Waals surface area contributed by atoms with Crippen molar-refractivity contribution in [2.45, 2.75) is 13.1 Å². The molecule has 1 aromatic heterocycles. The van der Waals surface area contributed by atoms with Gasteiger partial charge in [-0.25, -0.2) is 4.98 Å². The predicted octanol–water partition coefficient (Wildman–Crippen LogP) is 6.20. The number of amides is 1. The van der Waals surface area contributed by atoms with Crippen LogP contribution in [0.4, 0.5) is 24.5 Å². The van der Waals surface area contributed by atoms with E-state index in [1.807, 2.05) is 19.1 Å². The fourth-order valence-corrected chi connectivity index (χ4v) is 4.30. The predicted molar refractivity (Wildman–Crippen MR) is 158 cm³/mol. The molecule has 222 valence electrons. The molecule has 0 aliphatic heterocycles. The third-order valence-corrected chi connectivity index (χ3v) is 6.50. The lowest BCUT2D eigenvalue weighted by Crippen LogP contribution is -2.21. The standard InChI is InChI=1S/C31H22F3N5O5/c1-19-7-2-4-11-25(19)36-28(40)18-44-27-14-13-23(39(42)43)16-21(27)17-35-38-29(20-8-6-9-22(15-20)31(32,33)34)37-26-12-5-3-10-24(26)30(38)41/h2-17H,18H2,1H3,(H,36,40). The minimum atomic E-state index is -4.65. The number of non-ortho nitro benzene ring substituents is 1. The Morgan fingerprint density at radius 3 is 2.55 bits per heavy atom. The van der Waals surface area contributed by atoms with Crippen molar-refractivity contribution in [3.05, 3.63) is 128 Å². The van der Waals surface area contributed by atoms with Crippen LogP contribution >= 0.6 is 0 Å². The smallest absolute Gasteiger partial charge is 0.416 e. The second-order valence-electron chi connectivity index (χ2n) is 9.52. The van der Waals surface area contributed by atoms with Gasteiger partial charge in [0.05, 0.1) is 27.6 Å². The van der Waals surface area contributed by atoms with Crippen LogP contribution in [0.15, 0.2) is 101 Å². The number of fused-ring (bicyclic) bond motifs is 1. The Bertz CT molecular complexity index is 1990. The highest BCUT2D eigenvalue weighted by Gasteiger charge is 2.31. The summed E-state index contributed by atoms with van der Waals surface area (Å²) in [5, 5.41) is 18.5. The Morgan fingerprint density at radius 2 is 1.80 bits per heavy atom. The number of benzene rings is 4. The molecular weight excluding hydrogens is 579 g/mol. The lowest BCUT2D eigenvalue weighted by atomic mass is 10.1. The van der Waals surface area contributed by atoms with Crippen LogP contribution in [-0.2, 0) is 11.0 Å². The zero-order chi connectivity index (χ0) is 31.4. The van der Waals surface area contributed by atoms with E-state index in [9.17, 15) is 32.9 Å². The molecule has 0 saturated carbocycles. The maximum Gasteiger partial charge on any atom is 0.416 e. The number of halogens is 3. The topological polar surface area (TPSA) is 129 Å². The molecule has 0 spiro atoms. The molecule has 0 saturated heterocycles. The highest BCUT2D eigenvalue weighted by molar-refractivity contribution is 5.93. The Labute approximate surface area is 247 Å². The number of hydrogen-bond acceptors (Lipinski definition) is 7. The van der Waals surface area contributed by atoms with Gasteiger partial charge in [-0.3, -0.25) is 19.7 Å². The van der Waals surface area contributed by atoms with Crippen molar-refractivity contribution in [1.82, 2.24) is 9.66 Å². The third-order valence-electron chi connectivity index (χ3n) is 6.50. The maximum absolute atomic E-state index is 13.5. The molecule has 5 aromatic rings. The molecular formula is C31H22F3N5O5. The van der Waals surface area contributed by atoms with Crippen LogP contribution in [0, 0.1) is 17.0 Å². The lowest BCUT2D eigenvalue weighted by molar-refractivity contribution is -0.384. The molecule has 0 aliphatic rings.